The van der Waals surface area contributed by atoms with Gasteiger partial charge in [0.05, 0.1) is 18.9 Å². The van der Waals surface area contributed by atoms with Crippen molar-refractivity contribution >= 4 is 28.5 Å². The average molecular weight is 409 g/mol. The third-order valence-corrected chi connectivity index (χ3v) is 4.73. The quantitative estimate of drug-likeness (QED) is 0.465. The highest BCUT2D eigenvalue weighted by molar-refractivity contribution is 7.14. The molecule has 3 aromatic rings. The van der Waals surface area contributed by atoms with Crippen LogP contribution in [0, 0.1) is 0 Å². The normalized spacial score (nSPS) is 10.8. The lowest BCUT2D eigenvalue weighted by Gasteiger charge is -2.04. The van der Waals surface area contributed by atoms with Crippen molar-refractivity contribution in [3.05, 3.63) is 65.6 Å². The Bertz CT molecular complexity index is 947. The zero-order valence-electron chi connectivity index (χ0n) is 16.6. The molecule has 1 heterocycles. The molecule has 5 nitrogen and oxygen atoms in total. The standard InChI is InChI=1S/C23H24N2O3S/c1-3-15-28-20-12-8-18(9-13-20)21-16-29-23(24-21)25-22(26)14-7-17-5-10-19(11-6-17)27-4-2/h5-14,16H,3-4,15H2,1-2H3,(H,24,25,26)/b14-7+. The first kappa shape index (κ1) is 20.6. The van der Waals surface area contributed by atoms with E-state index in [9.17, 15) is 4.79 Å². The molecule has 0 aliphatic carbocycles. The summed E-state index contributed by atoms with van der Waals surface area (Å²) in [5, 5.41) is 5.29. The molecule has 150 valence electrons. The van der Waals surface area contributed by atoms with Crippen LogP contribution in [0.25, 0.3) is 17.3 Å². The van der Waals surface area contributed by atoms with Crippen LogP contribution in [0.4, 0.5) is 5.13 Å². The Morgan fingerprint density at radius 2 is 1.72 bits per heavy atom. The molecule has 1 N–H and O–H groups in total. The molecule has 0 fully saturated rings. The summed E-state index contributed by atoms with van der Waals surface area (Å²) in [4.78, 5) is 16.7. The smallest absolute Gasteiger partial charge is 0.250 e. The highest BCUT2D eigenvalue weighted by atomic mass is 32.1. The van der Waals surface area contributed by atoms with E-state index in [2.05, 4.69) is 17.2 Å². The summed E-state index contributed by atoms with van der Waals surface area (Å²) in [7, 11) is 0. The number of hydrogen-bond acceptors (Lipinski definition) is 5. The first-order valence-electron chi connectivity index (χ1n) is 9.58. The molecule has 29 heavy (non-hydrogen) atoms. The zero-order valence-corrected chi connectivity index (χ0v) is 17.4. The molecule has 1 aromatic heterocycles. The van der Waals surface area contributed by atoms with Crippen molar-refractivity contribution in [3.8, 4) is 22.8 Å². The first-order valence-corrected chi connectivity index (χ1v) is 10.5. The van der Waals surface area contributed by atoms with Gasteiger partial charge in [-0.3, -0.25) is 10.1 Å². The minimum atomic E-state index is -0.219. The molecular weight excluding hydrogens is 384 g/mol. The SMILES string of the molecule is CCCOc1ccc(-c2csc(NC(=O)/C=C/c3ccc(OCC)cc3)n2)cc1. The van der Waals surface area contributed by atoms with Gasteiger partial charge in [0.25, 0.3) is 0 Å². The Morgan fingerprint density at radius 1 is 1.03 bits per heavy atom. The Morgan fingerprint density at radius 3 is 2.41 bits per heavy atom. The number of rotatable bonds is 9. The van der Waals surface area contributed by atoms with Gasteiger partial charge in [0, 0.05) is 17.0 Å². The number of ether oxygens (including phenoxy) is 2. The number of anilines is 1. The predicted molar refractivity (Wildman–Crippen MR) is 119 cm³/mol. The second kappa shape index (κ2) is 10.4. The van der Waals surface area contributed by atoms with Gasteiger partial charge in [-0.1, -0.05) is 19.1 Å². The lowest BCUT2D eigenvalue weighted by molar-refractivity contribution is -0.111. The summed E-state index contributed by atoms with van der Waals surface area (Å²) in [6.45, 7) is 5.35. The number of benzene rings is 2. The van der Waals surface area contributed by atoms with Gasteiger partial charge < -0.3 is 9.47 Å². The van der Waals surface area contributed by atoms with Gasteiger partial charge in [-0.25, -0.2) is 4.98 Å². The molecule has 2 aromatic carbocycles. The van der Waals surface area contributed by atoms with Crippen molar-refractivity contribution in [2.24, 2.45) is 0 Å². The number of carbonyl (C=O) groups is 1. The van der Waals surface area contributed by atoms with Gasteiger partial charge in [0.15, 0.2) is 5.13 Å². The van der Waals surface area contributed by atoms with Gasteiger partial charge in [-0.05, 0) is 61.4 Å². The van der Waals surface area contributed by atoms with Crippen LogP contribution < -0.4 is 14.8 Å². The van der Waals surface area contributed by atoms with Crippen LogP contribution in [0.15, 0.2) is 60.0 Å². The summed E-state index contributed by atoms with van der Waals surface area (Å²) in [6, 6.07) is 15.4. The van der Waals surface area contributed by atoms with Crippen LogP contribution in [-0.4, -0.2) is 24.1 Å². The summed E-state index contributed by atoms with van der Waals surface area (Å²) in [6.07, 6.45) is 4.23. The first-order chi connectivity index (χ1) is 14.2. The van der Waals surface area contributed by atoms with E-state index in [0.29, 0.717) is 18.3 Å². The molecule has 0 aliphatic rings. The van der Waals surface area contributed by atoms with E-state index in [-0.39, 0.29) is 5.91 Å². The van der Waals surface area contributed by atoms with Gasteiger partial charge in [0.1, 0.15) is 11.5 Å². The highest BCUT2D eigenvalue weighted by Gasteiger charge is 2.07. The molecule has 0 bridgehead atoms. The van der Waals surface area contributed by atoms with E-state index in [1.54, 1.807) is 6.08 Å². The zero-order chi connectivity index (χ0) is 20.5. The number of nitrogens with zero attached hydrogens (tertiary/aromatic N) is 1. The summed E-state index contributed by atoms with van der Waals surface area (Å²) >= 11 is 1.40. The lowest BCUT2D eigenvalue weighted by Crippen LogP contribution is -2.07. The largest absolute Gasteiger partial charge is 0.494 e. The molecule has 0 saturated heterocycles. The van der Waals surface area contributed by atoms with Crippen LogP contribution in [0.3, 0.4) is 0 Å². The van der Waals surface area contributed by atoms with E-state index in [1.165, 1.54) is 17.4 Å². The minimum Gasteiger partial charge on any atom is -0.494 e. The molecule has 0 atom stereocenters. The topological polar surface area (TPSA) is 60.5 Å². The van der Waals surface area contributed by atoms with Gasteiger partial charge >= 0.3 is 0 Å². The van der Waals surface area contributed by atoms with E-state index in [0.717, 1.165) is 34.7 Å². The van der Waals surface area contributed by atoms with Gasteiger partial charge in [-0.2, -0.15) is 0 Å². The molecule has 0 aliphatic heterocycles. The molecule has 1 amide bonds. The number of amides is 1. The van der Waals surface area contributed by atoms with Crippen molar-refractivity contribution in [3.63, 3.8) is 0 Å². The number of aromatic nitrogens is 1. The van der Waals surface area contributed by atoms with Crippen LogP contribution in [-0.2, 0) is 4.79 Å². The van der Waals surface area contributed by atoms with E-state index < -0.39 is 0 Å². The maximum atomic E-state index is 12.2. The van der Waals surface area contributed by atoms with E-state index >= 15 is 0 Å². The summed E-state index contributed by atoms with van der Waals surface area (Å²) in [5.74, 6) is 1.44. The van der Waals surface area contributed by atoms with Crippen molar-refractivity contribution in [2.45, 2.75) is 20.3 Å². The molecule has 6 heteroatoms. The van der Waals surface area contributed by atoms with Gasteiger partial charge in [0.2, 0.25) is 5.91 Å². The number of carbonyl (C=O) groups excluding carboxylic acids is 1. The van der Waals surface area contributed by atoms with Crippen molar-refractivity contribution < 1.29 is 14.3 Å². The third kappa shape index (κ3) is 6.19. The maximum Gasteiger partial charge on any atom is 0.250 e. The Kier molecular flexibility index (Phi) is 7.41. The summed E-state index contributed by atoms with van der Waals surface area (Å²) in [5.41, 5.74) is 2.73. The summed E-state index contributed by atoms with van der Waals surface area (Å²) < 4.78 is 11.0. The fourth-order valence-corrected chi connectivity index (χ4v) is 3.29. The number of nitrogens with one attached hydrogen (secondary N) is 1. The molecule has 3 rings (SSSR count). The van der Waals surface area contributed by atoms with Gasteiger partial charge in [-0.15, -0.1) is 11.3 Å². The van der Waals surface area contributed by atoms with Crippen LogP contribution in [0.5, 0.6) is 11.5 Å². The van der Waals surface area contributed by atoms with Crippen molar-refractivity contribution in [1.82, 2.24) is 4.98 Å². The second-order valence-electron chi connectivity index (χ2n) is 6.24. The fourth-order valence-electron chi connectivity index (χ4n) is 2.57. The number of thiazole rings is 1. The van der Waals surface area contributed by atoms with Crippen molar-refractivity contribution in [2.75, 3.05) is 18.5 Å². The minimum absolute atomic E-state index is 0.219. The van der Waals surface area contributed by atoms with E-state index in [1.807, 2.05) is 60.8 Å². The Labute approximate surface area is 175 Å². The fraction of sp³-hybridized carbons (Fsp3) is 0.217. The molecule has 0 spiro atoms. The van der Waals surface area contributed by atoms with Crippen LogP contribution >= 0.6 is 11.3 Å². The average Bonchev–Trinajstić information content (AvgIpc) is 3.21. The molecule has 0 saturated carbocycles. The second-order valence-corrected chi connectivity index (χ2v) is 7.09. The predicted octanol–water partition coefficient (Wildman–Crippen LogP) is 5.65. The molecule has 0 unspecified atom stereocenters. The third-order valence-electron chi connectivity index (χ3n) is 3.98. The van der Waals surface area contributed by atoms with Crippen LogP contribution in [0.2, 0.25) is 0 Å². The van der Waals surface area contributed by atoms with Crippen LogP contribution in [0.1, 0.15) is 25.8 Å². The monoisotopic (exact) mass is 408 g/mol. The number of hydrogen-bond donors (Lipinski definition) is 1. The van der Waals surface area contributed by atoms with E-state index in [4.69, 9.17) is 9.47 Å². The Balaban J connectivity index is 1.57. The van der Waals surface area contributed by atoms with Crippen molar-refractivity contribution in [1.29, 1.82) is 0 Å². The Hall–Kier alpha value is -3.12. The molecule has 0 radical (unpaired) electrons. The maximum absolute atomic E-state index is 12.2. The molecular formula is C23H24N2O3S. The highest BCUT2D eigenvalue weighted by Crippen LogP contribution is 2.26. The lowest BCUT2D eigenvalue weighted by atomic mass is 10.2.